The zero-order valence-electron chi connectivity index (χ0n) is 18.9. The molecular formula is C25H28N4O4S. The average molecular weight is 481 g/mol. The number of anilines is 1. The number of nitrogens with one attached hydrogen (secondary N) is 1. The quantitative estimate of drug-likeness (QED) is 0.537. The van der Waals surface area contributed by atoms with Crippen molar-refractivity contribution in [2.24, 2.45) is 0 Å². The van der Waals surface area contributed by atoms with Crippen LogP contribution in [0.3, 0.4) is 0 Å². The van der Waals surface area contributed by atoms with Crippen molar-refractivity contribution in [3.8, 4) is 11.4 Å². The fraction of sp³-hybridized carbons (Fsp3) is 0.400. The van der Waals surface area contributed by atoms with Gasteiger partial charge in [-0.3, -0.25) is 0 Å². The van der Waals surface area contributed by atoms with E-state index in [2.05, 4.69) is 15.5 Å². The molecule has 2 fully saturated rings. The van der Waals surface area contributed by atoms with Crippen LogP contribution >= 0.6 is 0 Å². The highest BCUT2D eigenvalue weighted by molar-refractivity contribution is 7.92. The topological polar surface area (TPSA) is 105 Å². The smallest absolute Gasteiger partial charge is 0.322 e. The first-order chi connectivity index (χ1) is 16.5. The molecule has 1 saturated heterocycles. The van der Waals surface area contributed by atoms with Crippen LogP contribution in [0.25, 0.3) is 11.4 Å². The third-order valence-electron chi connectivity index (χ3n) is 6.68. The minimum absolute atomic E-state index is 0.261. The summed E-state index contributed by atoms with van der Waals surface area (Å²) in [7, 11) is -3.40. The summed E-state index contributed by atoms with van der Waals surface area (Å²) in [5.41, 5.74) is 1.31. The van der Waals surface area contributed by atoms with Gasteiger partial charge < -0.3 is 14.7 Å². The fourth-order valence-corrected chi connectivity index (χ4v) is 6.74. The number of hydrogen-bond acceptors (Lipinski definition) is 6. The molecule has 8 nitrogen and oxygen atoms in total. The van der Waals surface area contributed by atoms with Gasteiger partial charge in [0, 0.05) is 17.8 Å². The molecule has 1 aliphatic heterocycles. The van der Waals surface area contributed by atoms with Gasteiger partial charge in [-0.15, -0.1) is 0 Å². The van der Waals surface area contributed by atoms with Gasteiger partial charge in [0.25, 0.3) is 0 Å². The summed E-state index contributed by atoms with van der Waals surface area (Å²) in [6, 6.07) is 15.5. The first-order valence-corrected chi connectivity index (χ1v) is 13.4. The standard InChI is InChI=1S/C25H28N4O4S/c30-25(26-19-11-8-14-21(17-19)34(31,32)20-12-4-5-13-20)29-16-7-6-15-22(29)24-27-23(28-33-24)18-9-2-1-3-10-18/h1-3,8-11,14,17,20,22H,4-7,12-13,15-16H2,(H,26,30). The highest BCUT2D eigenvalue weighted by Gasteiger charge is 2.33. The van der Waals surface area contributed by atoms with Gasteiger partial charge >= 0.3 is 6.03 Å². The average Bonchev–Trinajstić information content (AvgIpc) is 3.58. The Hall–Kier alpha value is -3.20. The number of sulfone groups is 1. The predicted molar refractivity (Wildman–Crippen MR) is 128 cm³/mol. The molecule has 1 aliphatic carbocycles. The van der Waals surface area contributed by atoms with Gasteiger partial charge in [-0.25, -0.2) is 13.2 Å². The van der Waals surface area contributed by atoms with Crippen molar-refractivity contribution >= 4 is 21.6 Å². The van der Waals surface area contributed by atoms with Crippen LogP contribution in [-0.4, -0.2) is 41.3 Å². The summed E-state index contributed by atoms with van der Waals surface area (Å²) in [4.78, 5) is 19.7. The number of aromatic nitrogens is 2. The molecule has 0 radical (unpaired) electrons. The van der Waals surface area contributed by atoms with Crippen LogP contribution in [0.15, 0.2) is 64.0 Å². The van der Waals surface area contributed by atoms with E-state index in [1.165, 1.54) is 0 Å². The molecule has 3 aromatic rings. The van der Waals surface area contributed by atoms with Crippen LogP contribution in [-0.2, 0) is 9.84 Å². The summed E-state index contributed by atoms with van der Waals surface area (Å²) in [6.07, 6.45) is 5.83. The largest absolute Gasteiger partial charge is 0.337 e. The lowest BCUT2D eigenvalue weighted by atomic mass is 10.0. The second kappa shape index (κ2) is 9.58. The number of amides is 2. The minimum Gasteiger partial charge on any atom is -0.337 e. The van der Waals surface area contributed by atoms with Crippen molar-refractivity contribution in [3.63, 3.8) is 0 Å². The van der Waals surface area contributed by atoms with Crippen molar-refractivity contribution in [2.45, 2.75) is 61.1 Å². The summed E-state index contributed by atoms with van der Waals surface area (Å²) < 4.78 is 31.5. The third kappa shape index (κ3) is 4.57. The van der Waals surface area contributed by atoms with Crippen molar-refractivity contribution in [3.05, 3.63) is 60.5 Å². The number of rotatable bonds is 5. The van der Waals surface area contributed by atoms with Gasteiger partial charge in [0.2, 0.25) is 11.7 Å². The lowest BCUT2D eigenvalue weighted by Crippen LogP contribution is -2.41. The van der Waals surface area contributed by atoms with Crippen molar-refractivity contribution in [2.75, 3.05) is 11.9 Å². The van der Waals surface area contributed by atoms with Gasteiger partial charge in [-0.05, 0) is 50.3 Å². The van der Waals surface area contributed by atoms with Crippen LogP contribution < -0.4 is 5.32 Å². The van der Waals surface area contributed by atoms with E-state index < -0.39 is 9.84 Å². The number of piperidine rings is 1. The molecule has 5 rings (SSSR count). The zero-order chi connectivity index (χ0) is 23.5. The molecule has 2 heterocycles. The molecule has 0 bridgehead atoms. The van der Waals surface area contributed by atoms with Gasteiger partial charge in [0.15, 0.2) is 9.84 Å². The Kier molecular flexibility index (Phi) is 6.36. The number of benzene rings is 2. The summed E-state index contributed by atoms with van der Waals surface area (Å²) >= 11 is 0. The molecule has 9 heteroatoms. The Bertz CT molecular complexity index is 1250. The third-order valence-corrected chi connectivity index (χ3v) is 8.94. The summed E-state index contributed by atoms with van der Waals surface area (Å²) in [5, 5.41) is 6.66. The monoisotopic (exact) mass is 480 g/mol. The molecule has 1 aromatic heterocycles. The van der Waals surface area contributed by atoms with Gasteiger partial charge in [-0.1, -0.05) is 54.4 Å². The molecule has 1 N–H and O–H groups in total. The predicted octanol–water partition coefficient (Wildman–Crippen LogP) is 5.21. The Morgan fingerprint density at radius 1 is 0.971 bits per heavy atom. The number of carbonyl (C=O) groups is 1. The van der Waals surface area contributed by atoms with Crippen LogP contribution in [0.1, 0.15) is 56.9 Å². The lowest BCUT2D eigenvalue weighted by molar-refractivity contribution is 0.142. The number of carbonyl (C=O) groups excluding carboxylic acids is 1. The van der Waals surface area contributed by atoms with Crippen LogP contribution in [0.2, 0.25) is 0 Å². The maximum absolute atomic E-state index is 13.2. The molecule has 2 aromatic carbocycles. The van der Waals surface area contributed by atoms with Gasteiger partial charge in [-0.2, -0.15) is 4.98 Å². The maximum atomic E-state index is 13.2. The van der Waals surface area contributed by atoms with Crippen molar-refractivity contribution in [1.82, 2.24) is 15.0 Å². The first kappa shape index (κ1) is 22.6. The van der Waals surface area contributed by atoms with E-state index in [1.54, 1.807) is 29.2 Å². The minimum atomic E-state index is -3.40. The first-order valence-electron chi connectivity index (χ1n) is 11.8. The van der Waals surface area contributed by atoms with E-state index in [0.717, 1.165) is 37.7 Å². The van der Waals surface area contributed by atoms with E-state index in [-0.39, 0.29) is 22.2 Å². The van der Waals surface area contributed by atoms with E-state index >= 15 is 0 Å². The van der Waals surface area contributed by atoms with Crippen molar-refractivity contribution < 1.29 is 17.7 Å². The van der Waals surface area contributed by atoms with Crippen LogP contribution in [0.5, 0.6) is 0 Å². The molecule has 34 heavy (non-hydrogen) atoms. The number of nitrogens with zero attached hydrogens (tertiary/aromatic N) is 3. The molecule has 2 aliphatic rings. The maximum Gasteiger partial charge on any atom is 0.322 e. The molecule has 1 atom stereocenters. The van der Waals surface area contributed by atoms with E-state index in [9.17, 15) is 13.2 Å². The Morgan fingerprint density at radius 2 is 1.74 bits per heavy atom. The van der Waals surface area contributed by atoms with Crippen molar-refractivity contribution in [1.29, 1.82) is 0 Å². The molecule has 2 amide bonds. The Balaban J connectivity index is 1.33. The number of hydrogen-bond donors (Lipinski definition) is 1. The molecule has 0 spiro atoms. The van der Waals surface area contributed by atoms with Gasteiger partial charge in [0.05, 0.1) is 10.1 Å². The Morgan fingerprint density at radius 3 is 2.53 bits per heavy atom. The fourth-order valence-electron chi connectivity index (χ4n) is 4.84. The number of urea groups is 1. The second-order valence-corrected chi connectivity index (χ2v) is 11.2. The highest BCUT2D eigenvalue weighted by Crippen LogP contribution is 2.33. The molecule has 178 valence electrons. The molecular weight excluding hydrogens is 452 g/mol. The SMILES string of the molecule is O=C(Nc1cccc(S(=O)(=O)C2CCCC2)c1)N1CCCCC1c1nc(-c2ccccc2)no1. The zero-order valence-corrected chi connectivity index (χ0v) is 19.7. The molecule has 1 saturated carbocycles. The Labute approximate surface area is 199 Å². The van der Waals surface area contributed by atoms with Crippen LogP contribution in [0.4, 0.5) is 10.5 Å². The normalized spacial score (nSPS) is 19.3. The van der Waals surface area contributed by atoms with E-state index in [0.29, 0.717) is 36.8 Å². The summed E-state index contributed by atoms with van der Waals surface area (Å²) in [5.74, 6) is 0.901. The van der Waals surface area contributed by atoms with E-state index in [4.69, 9.17) is 4.52 Å². The molecule has 1 unspecified atom stereocenters. The van der Waals surface area contributed by atoms with Gasteiger partial charge in [0.1, 0.15) is 6.04 Å². The lowest BCUT2D eigenvalue weighted by Gasteiger charge is -2.33. The second-order valence-electron chi connectivity index (χ2n) is 8.94. The number of likely N-dealkylation sites (tertiary alicyclic amines) is 1. The van der Waals surface area contributed by atoms with E-state index in [1.807, 2.05) is 30.3 Å². The highest BCUT2D eigenvalue weighted by atomic mass is 32.2. The van der Waals surface area contributed by atoms with Crippen LogP contribution in [0, 0.1) is 0 Å². The summed E-state index contributed by atoms with van der Waals surface area (Å²) in [6.45, 7) is 0.555.